The van der Waals surface area contributed by atoms with Crippen molar-refractivity contribution in [2.24, 2.45) is 7.05 Å². The fourth-order valence-electron chi connectivity index (χ4n) is 4.15. The van der Waals surface area contributed by atoms with Gasteiger partial charge in [-0.3, -0.25) is 4.68 Å². The maximum absolute atomic E-state index is 4.90. The van der Waals surface area contributed by atoms with E-state index in [1.54, 1.807) is 4.90 Å². The van der Waals surface area contributed by atoms with E-state index in [1.807, 2.05) is 24.0 Å². The van der Waals surface area contributed by atoms with Crippen LogP contribution < -0.4 is 15.1 Å². The predicted octanol–water partition coefficient (Wildman–Crippen LogP) is 1.88. The van der Waals surface area contributed by atoms with E-state index >= 15 is 0 Å². The molecule has 0 aliphatic carbocycles. The predicted molar refractivity (Wildman–Crippen MR) is 123 cm³/mol. The van der Waals surface area contributed by atoms with E-state index in [4.69, 9.17) is 9.97 Å². The van der Waals surface area contributed by atoms with Gasteiger partial charge in [-0.1, -0.05) is 60.7 Å². The fourth-order valence-corrected chi connectivity index (χ4v) is 4.15. The Morgan fingerprint density at radius 3 is 2.29 bits per heavy atom. The van der Waals surface area contributed by atoms with Gasteiger partial charge in [0.05, 0.1) is 37.8 Å². The van der Waals surface area contributed by atoms with E-state index in [1.165, 1.54) is 11.1 Å². The molecule has 1 fully saturated rings. The summed E-state index contributed by atoms with van der Waals surface area (Å²) in [5.41, 5.74) is 3.48. The number of nitrogens with zero attached hydrogens (tertiary/aromatic N) is 5. The molecule has 0 radical (unpaired) electrons. The van der Waals surface area contributed by atoms with Crippen molar-refractivity contribution >= 4 is 22.8 Å². The second kappa shape index (κ2) is 8.73. The minimum absolute atomic E-state index is 0.719. The summed E-state index contributed by atoms with van der Waals surface area (Å²) < 4.78 is 1.82. The van der Waals surface area contributed by atoms with Crippen molar-refractivity contribution < 1.29 is 4.90 Å². The Kier molecular flexibility index (Phi) is 5.50. The van der Waals surface area contributed by atoms with Gasteiger partial charge in [-0.2, -0.15) is 15.1 Å². The zero-order valence-electron chi connectivity index (χ0n) is 17.8. The first-order valence-corrected chi connectivity index (χ1v) is 10.9. The average molecular weight is 415 g/mol. The van der Waals surface area contributed by atoms with E-state index in [0.29, 0.717) is 0 Å². The lowest BCUT2D eigenvalue weighted by Crippen LogP contribution is -3.13. The quantitative estimate of drug-likeness (QED) is 0.505. The Morgan fingerprint density at radius 1 is 0.903 bits per heavy atom. The molecule has 7 heteroatoms. The molecule has 0 unspecified atom stereocenters. The van der Waals surface area contributed by atoms with Crippen LogP contribution in [0.4, 0.5) is 11.8 Å². The summed E-state index contributed by atoms with van der Waals surface area (Å²) in [6.45, 7) is 5.84. The lowest BCUT2D eigenvalue weighted by Gasteiger charge is -2.32. The third kappa shape index (κ3) is 4.36. The molecule has 1 aliphatic heterocycles. The van der Waals surface area contributed by atoms with Gasteiger partial charge in [-0.05, 0) is 5.56 Å². The average Bonchev–Trinajstić information content (AvgIpc) is 3.20. The Morgan fingerprint density at radius 2 is 1.58 bits per heavy atom. The molecule has 0 atom stereocenters. The van der Waals surface area contributed by atoms with Gasteiger partial charge in [-0.15, -0.1) is 0 Å². The smallest absolute Gasteiger partial charge is 0.229 e. The highest BCUT2D eigenvalue weighted by Gasteiger charge is 2.23. The van der Waals surface area contributed by atoms with Crippen molar-refractivity contribution in [1.82, 2.24) is 19.7 Å². The zero-order valence-corrected chi connectivity index (χ0v) is 17.8. The van der Waals surface area contributed by atoms with Crippen LogP contribution in [0.2, 0.25) is 0 Å². The summed E-state index contributed by atoms with van der Waals surface area (Å²) in [6.07, 6.45) is 1.84. The molecule has 2 aromatic carbocycles. The van der Waals surface area contributed by atoms with Crippen LogP contribution in [-0.2, 0) is 20.1 Å². The number of aryl methyl sites for hydroxylation is 1. The third-order valence-corrected chi connectivity index (χ3v) is 5.93. The first-order chi connectivity index (χ1) is 15.3. The molecule has 0 bridgehead atoms. The summed E-state index contributed by atoms with van der Waals surface area (Å²) >= 11 is 0. The highest BCUT2D eigenvalue weighted by atomic mass is 15.4. The molecule has 158 valence electrons. The van der Waals surface area contributed by atoms with E-state index in [-0.39, 0.29) is 0 Å². The van der Waals surface area contributed by atoms with Crippen molar-refractivity contribution in [3.63, 3.8) is 0 Å². The number of piperazine rings is 1. The molecule has 3 heterocycles. The maximum Gasteiger partial charge on any atom is 0.229 e. The zero-order chi connectivity index (χ0) is 21.0. The summed E-state index contributed by atoms with van der Waals surface area (Å²) in [4.78, 5) is 13.7. The monoisotopic (exact) mass is 414 g/mol. The second-order valence-electron chi connectivity index (χ2n) is 8.12. The topological polar surface area (TPSA) is 63.3 Å². The molecule has 1 aliphatic rings. The van der Waals surface area contributed by atoms with Crippen LogP contribution in [-0.4, -0.2) is 45.9 Å². The van der Waals surface area contributed by atoms with Crippen LogP contribution in [0.1, 0.15) is 11.1 Å². The molecule has 2 aromatic heterocycles. The van der Waals surface area contributed by atoms with Crippen molar-refractivity contribution in [2.75, 3.05) is 36.4 Å². The molecule has 2 N–H and O–H groups in total. The molecule has 4 aromatic rings. The van der Waals surface area contributed by atoms with Crippen LogP contribution in [0.5, 0.6) is 0 Å². The number of aromatic nitrogens is 4. The number of rotatable bonds is 6. The highest BCUT2D eigenvalue weighted by molar-refractivity contribution is 5.87. The summed E-state index contributed by atoms with van der Waals surface area (Å²) in [5.74, 6) is 1.63. The summed E-state index contributed by atoms with van der Waals surface area (Å²) in [6, 6.07) is 21.1. The fraction of sp³-hybridized carbons (Fsp3) is 0.292. The maximum atomic E-state index is 4.90. The van der Waals surface area contributed by atoms with Crippen LogP contribution in [0, 0.1) is 0 Å². The first kappa shape index (κ1) is 19.5. The Balaban J connectivity index is 1.32. The van der Waals surface area contributed by atoms with Crippen molar-refractivity contribution in [2.45, 2.75) is 13.1 Å². The number of fused-ring (bicyclic) bond motifs is 1. The molecule has 7 nitrogen and oxygen atoms in total. The minimum atomic E-state index is 0.719. The number of benzene rings is 2. The van der Waals surface area contributed by atoms with Crippen LogP contribution in [0.25, 0.3) is 11.0 Å². The van der Waals surface area contributed by atoms with Gasteiger partial charge in [0.2, 0.25) is 5.95 Å². The van der Waals surface area contributed by atoms with Crippen LogP contribution >= 0.6 is 0 Å². The van der Waals surface area contributed by atoms with Gasteiger partial charge in [0.25, 0.3) is 0 Å². The molecule has 0 spiro atoms. The van der Waals surface area contributed by atoms with E-state index in [0.717, 1.165) is 62.1 Å². The van der Waals surface area contributed by atoms with Gasteiger partial charge in [0.15, 0.2) is 5.65 Å². The lowest BCUT2D eigenvalue weighted by molar-refractivity contribution is -0.914. The molecule has 0 saturated carbocycles. The van der Waals surface area contributed by atoms with E-state index in [9.17, 15) is 0 Å². The lowest BCUT2D eigenvalue weighted by atomic mass is 10.2. The second-order valence-corrected chi connectivity index (χ2v) is 8.12. The Bertz CT molecular complexity index is 1130. The molecule has 1 saturated heterocycles. The Hall–Kier alpha value is -3.45. The van der Waals surface area contributed by atoms with Crippen LogP contribution in [0.15, 0.2) is 66.9 Å². The first-order valence-electron chi connectivity index (χ1n) is 10.9. The number of anilines is 2. The highest BCUT2D eigenvalue weighted by Crippen LogP contribution is 2.23. The van der Waals surface area contributed by atoms with Gasteiger partial charge in [0, 0.05) is 19.2 Å². The number of quaternary nitrogens is 1. The summed E-state index contributed by atoms with van der Waals surface area (Å²) in [5, 5.41) is 8.86. The largest absolute Gasteiger partial charge is 0.365 e. The van der Waals surface area contributed by atoms with Crippen molar-refractivity contribution in [3.05, 3.63) is 78.0 Å². The van der Waals surface area contributed by atoms with Crippen molar-refractivity contribution in [1.29, 1.82) is 0 Å². The van der Waals surface area contributed by atoms with Gasteiger partial charge >= 0.3 is 0 Å². The van der Waals surface area contributed by atoms with Gasteiger partial charge < -0.3 is 15.1 Å². The number of hydrogen-bond acceptors (Lipinski definition) is 5. The minimum Gasteiger partial charge on any atom is -0.365 e. The molecule has 5 rings (SSSR count). The molecular weight excluding hydrogens is 386 g/mol. The number of nitrogens with one attached hydrogen (secondary N) is 2. The van der Waals surface area contributed by atoms with Crippen LogP contribution in [0.3, 0.4) is 0 Å². The summed E-state index contributed by atoms with van der Waals surface area (Å²) in [7, 11) is 1.93. The molecular formula is C24H28N7+. The van der Waals surface area contributed by atoms with Gasteiger partial charge in [-0.25, -0.2) is 0 Å². The van der Waals surface area contributed by atoms with E-state index < -0.39 is 0 Å². The normalized spacial score (nSPS) is 14.8. The molecule has 31 heavy (non-hydrogen) atoms. The van der Waals surface area contributed by atoms with Gasteiger partial charge in [0.1, 0.15) is 12.4 Å². The number of hydrogen-bond donors (Lipinski definition) is 2. The van der Waals surface area contributed by atoms with Crippen molar-refractivity contribution in [3.8, 4) is 0 Å². The SMILES string of the molecule is Cn1ncc2c(NCc3ccccc3)nc(N3CC[NH+](Cc4ccccc4)CC3)nc21. The standard InChI is InChI=1S/C24H27N7/c1-29-23-21(17-26-29)22(25-16-19-8-4-2-5-9-19)27-24(28-23)31-14-12-30(13-15-31)18-20-10-6-3-7-11-20/h2-11,17H,12-16,18H2,1H3,(H,25,27,28)/p+1. The molecule has 0 amide bonds. The van der Waals surface area contributed by atoms with E-state index in [2.05, 4.69) is 69.9 Å². The Labute approximate surface area is 182 Å². The third-order valence-electron chi connectivity index (χ3n) is 5.93.